The van der Waals surface area contributed by atoms with E-state index >= 15 is 0 Å². The summed E-state index contributed by atoms with van der Waals surface area (Å²) in [6, 6.07) is 7.72. The molecule has 1 aromatic heterocycles. The van der Waals surface area contributed by atoms with Gasteiger partial charge in [-0.25, -0.2) is 13.2 Å². The second kappa shape index (κ2) is 5.18. The summed E-state index contributed by atoms with van der Waals surface area (Å²) >= 11 is 3.16. The van der Waals surface area contributed by atoms with E-state index in [1.165, 1.54) is 12.1 Å². The fourth-order valence-electron chi connectivity index (χ4n) is 1.62. The second-order valence-corrected chi connectivity index (χ2v) is 6.58. The molecule has 1 aromatic carbocycles. The summed E-state index contributed by atoms with van der Waals surface area (Å²) in [7, 11) is -3.64. The molecule has 0 saturated heterocycles. The molecule has 2 rings (SSSR count). The number of furan rings is 1. The maximum atomic E-state index is 12.2. The first-order valence-corrected chi connectivity index (χ1v) is 7.63. The first kappa shape index (κ1) is 13.8. The number of aromatic carboxylic acids is 1. The number of halogens is 1. The number of carboxylic acids is 1. The Morgan fingerprint density at radius 3 is 2.58 bits per heavy atom. The van der Waals surface area contributed by atoms with E-state index in [2.05, 4.69) is 15.9 Å². The highest BCUT2D eigenvalue weighted by Gasteiger charge is 2.23. The molecule has 0 aliphatic rings. The fraction of sp³-hybridized carbons (Fsp3) is 0.0833. The zero-order valence-electron chi connectivity index (χ0n) is 9.54. The van der Waals surface area contributed by atoms with Crippen LogP contribution in [0, 0.1) is 0 Å². The molecule has 0 fully saturated rings. The third-order valence-corrected chi connectivity index (χ3v) is 5.13. The molecular formula is C12H9BrO5S. The van der Waals surface area contributed by atoms with Crippen molar-refractivity contribution in [3.63, 3.8) is 0 Å². The van der Waals surface area contributed by atoms with Crippen LogP contribution in [0.1, 0.15) is 16.1 Å². The van der Waals surface area contributed by atoms with Gasteiger partial charge in [0.15, 0.2) is 9.84 Å². The van der Waals surface area contributed by atoms with Gasteiger partial charge in [-0.3, -0.25) is 0 Å². The van der Waals surface area contributed by atoms with Gasteiger partial charge < -0.3 is 9.52 Å². The molecule has 100 valence electrons. The Bertz CT molecular complexity index is 717. The molecule has 2 aromatic rings. The number of sulfone groups is 1. The third kappa shape index (κ3) is 2.87. The highest BCUT2D eigenvalue weighted by Crippen LogP contribution is 2.26. The first-order valence-electron chi connectivity index (χ1n) is 5.19. The van der Waals surface area contributed by atoms with Crippen LogP contribution in [0.15, 0.2) is 50.4 Å². The molecule has 19 heavy (non-hydrogen) atoms. The average molecular weight is 345 g/mol. The van der Waals surface area contributed by atoms with Gasteiger partial charge in [0.05, 0.1) is 16.9 Å². The Morgan fingerprint density at radius 2 is 1.95 bits per heavy atom. The van der Waals surface area contributed by atoms with Crippen LogP contribution in [-0.2, 0) is 15.6 Å². The molecule has 0 spiro atoms. The van der Waals surface area contributed by atoms with Crippen LogP contribution in [0.4, 0.5) is 0 Å². The second-order valence-electron chi connectivity index (χ2n) is 3.77. The molecule has 0 saturated carbocycles. The molecular weight excluding hydrogens is 336 g/mol. The normalized spacial score (nSPS) is 11.4. The molecule has 0 bridgehead atoms. The molecule has 5 nitrogen and oxygen atoms in total. The molecule has 0 unspecified atom stereocenters. The SMILES string of the molecule is O=C(O)c1occc1CS(=O)(=O)c1ccccc1Br. The van der Waals surface area contributed by atoms with E-state index in [0.29, 0.717) is 4.47 Å². The summed E-state index contributed by atoms with van der Waals surface area (Å²) in [6.45, 7) is 0. The minimum atomic E-state index is -3.64. The fourth-order valence-corrected chi connectivity index (χ4v) is 4.08. The minimum Gasteiger partial charge on any atom is -0.475 e. The van der Waals surface area contributed by atoms with E-state index in [9.17, 15) is 13.2 Å². The minimum absolute atomic E-state index is 0.118. The van der Waals surface area contributed by atoms with Crippen molar-refractivity contribution in [2.24, 2.45) is 0 Å². The molecule has 0 aliphatic heterocycles. The van der Waals surface area contributed by atoms with Crippen molar-refractivity contribution in [3.8, 4) is 0 Å². The van der Waals surface area contributed by atoms with Crippen molar-refractivity contribution in [2.45, 2.75) is 10.6 Å². The average Bonchev–Trinajstić information content (AvgIpc) is 2.76. The van der Waals surface area contributed by atoms with Crippen molar-refractivity contribution in [1.82, 2.24) is 0 Å². The standard InChI is InChI=1S/C12H9BrO5S/c13-9-3-1-2-4-10(9)19(16,17)7-8-5-6-18-11(8)12(14)15/h1-6H,7H2,(H,14,15). The lowest BCUT2D eigenvalue weighted by molar-refractivity contribution is 0.0661. The lowest BCUT2D eigenvalue weighted by Gasteiger charge is -2.05. The largest absolute Gasteiger partial charge is 0.475 e. The number of hydrogen-bond acceptors (Lipinski definition) is 4. The van der Waals surface area contributed by atoms with Gasteiger partial charge in [0.2, 0.25) is 5.76 Å². The molecule has 0 aliphatic carbocycles. The van der Waals surface area contributed by atoms with Crippen LogP contribution in [0.2, 0.25) is 0 Å². The van der Waals surface area contributed by atoms with Crippen LogP contribution in [-0.4, -0.2) is 19.5 Å². The Morgan fingerprint density at radius 1 is 1.26 bits per heavy atom. The van der Waals surface area contributed by atoms with Crippen LogP contribution >= 0.6 is 15.9 Å². The summed E-state index contributed by atoms with van der Waals surface area (Å²) in [5, 5.41) is 8.88. The number of rotatable bonds is 4. The van der Waals surface area contributed by atoms with Gasteiger partial charge in [-0.15, -0.1) is 0 Å². The van der Waals surface area contributed by atoms with Gasteiger partial charge in [-0.05, 0) is 34.1 Å². The van der Waals surface area contributed by atoms with Crippen LogP contribution in [0.5, 0.6) is 0 Å². The summed E-state index contributed by atoms with van der Waals surface area (Å²) in [4.78, 5) is 11.0. The predicted molar refractivity (Wildman–Crippen MR) is 70.7 cm³/mol. The Hall–Kier alpha value is -1.60. The topological polar surface area (TPSA) is 84.6 Å². The van der Waals surface area contributed by atoms with Crippen molar-refractivity contribution in [1.29, 1.82) is 0 Å². The van der Waals surface area contributed by atoms with Crippen LogP contribution in [0.3, 0.4) is 0 Å². The lowest BCUT2D eigenvalue weighted by Crippen LogP contribution is -2.08. The Labute approximate surface area is 117 Å². The number of carboxylic acid groups (broad SMARTS) is 1. The van der Waals surface area contributed by atoms with Crippen molar-refractivity contribution >= 4 is 31.7 Å². The van der Waals surface area contributed by atoms with E-state index in [-0.39, 0.29) is 16.2 Å². The highest BCUT2D eigenvalue weighted by molar-refractivity contribution is 9.10. The van der Waals surface area contributed by atoms with Gasteiger partial charge in [0.25, 0.3) is 0 Å². The highest BCUT2D eigenvalue weighted by atomic mass is 79.9. The molecule has 7 heteroatoms. The van der Waals surface area contributed by atoms with Gasteiger partial charge in [0.1, 0.15) is 0 Å². The van der Waals surface area contributed by atoms with E-state index in [0.717, 1.165) is 6.26 Å². The monoisotopic (exact) mass is 344 g/mol. The van der Waals surface area contributed by atoms with Crippen LogP contribution < -0.4 is 0 Å². The van der Waals surface area contributed by atoms with Crippen molar-refractivity contribution in [3.05, 3.63) is 52.4 Å². The lowest BCUT2D eigenvalue weighted by atomic mass is 10.3. The maximum Gasteiger partial charge on any atom is 0.372 e. The molecule has 0 amide bonds. The first-order chi connectivity index (χ1) is 8.92. The molecule has 0 atom stereocenters. The van der Waals surface area contributed by atoms with Gasteiger partial charge >= 0.3 is 5.97 Å². The summed E-state index contributed by atoms with van der Waals surface area (Å²) in [5.41, 5.74) is 0.128. The summed E-state index contributed by atoms with van der Waals surface area (Å²) < 4.78 is 29.7. The number of hydrogen-bond donors (Lipinski definition) is 1. The molecule has 1 N–H and O–H groups in total. The van der Waals surface area contributed by atoms with Crippen molar-refractivity contribution < 1.29 is 22.7 Å². The zero-order valence-corrected chi connectivity index (χ0v) is 11.9. The molecule has 0 radical (unpaired) electrons. The maximum absolute atomic E-state index is 12.2. The van der Waals surface area contributed by atoms with Gasteiger partial charge in [-0.1, -0.05) is 12.1 Å². The zero-order chi connectivity index (χ0) is 14.0. The van der Waals surface area contributed by atoms with Gasteiger partial charge in [-0.2, -0.15) is 0 Å². The van der Waals surface area contributed by atoms with Gasteiger partial charge in [0, 0.05) is 10.0 Å². The van der Waals surface area contributed by atoms with E-state index in [1.54, 1.807) is 18.2 Å². The van der Waals surface area contributed by atoms with Crippen molar-refractivity contribution in [2.75, 3.05) is 0 Å². The number of carbonyl (C=O) groups is 1. The third-order valence-electron chi connectivity index (χ3n) is 2.46. The quantitative estimate of drug-likeness (QED) is 0.921. The van der Waals surface area contributed by atoms with E-state index in [4.69, 9.17) is 9.52 Å². The van der Waals surface area contributed by atoms with E-state index in [1.807, 2.05) is 0 Å². The molecule has 1 heterocycles. The van der Waals surface area contributed by atoms with Crippen LogP contribution in [0.25, 0.3) is 0 Å². The summed E-state index contributed by atoms with van der Waals surface area (Å²) in [6.07, 6.45) is 1.16. The van der Waals surface area contributed by atoms with E-state index < -0.39 is 21.6 Å². The Balaban J connectivity index is 2.40. The smallest absolute Gasteiger partial charge is 0.372 e. The predicted octanol–water partition coefficient (Wildman–Crippen LogP) is 2.71. The Kier molecular flexibility index (Phi) is 3.77. The number of benzene rings is 1. The summed E-state index contributed by atoms with van der Waals surface area (Å²) in [5.74, 6) is -2.06.